The van der Waals surface area contributed by atoms with Crippen molar-refractivity contribution in [2.24, 2.45) is 5.73 Å². The third-order valence-electron chi connectivity index (χ3n) is 4.30. The molecule has 2 N–H and O–H groups in total. The molecule has 0 atom stereocenters. The van der Waals surface area contributed by atoms with Gasteiger partial charge in [-0.05, 0) is 37.5 Å². The lowest BCUT2D eigenvalue weighted by Crippen LogP contribution is -2.09. The first kappa shape index (κ1) is 21.0. The number of hydrogen-bond acceptors (Lipinski definition) is 3. The maximum Gasteiger partial charge on any atom is 0.245 e. The zero-order valence-electron chi connectivity index (χ0n) is 16.0. The largest absolute Gasteiger partial charge is 0.437 e. The number of para-hydroxylation sites is 1. The number of carbonyl (C=O) groups excluding carboxylic acids is 1. The van der Waals surface area contributed by atoms with Gasteiger partial charge in [-0.3, -0.25) is 4.79 Å². The Hall–Kier alpha value is -2.33. The monoisotopic (exact) mass is 386 g/mol. The summed E-state index contributed by atoms with van der Waals surface area (Å²) in [5.41, 5.74) is 6.98. The Balaban J connectivity index is 2.13. The summed E-state index contributed by atoms with van der Waals surface area (Å²) < 4.78 is 5.82. The molecule has 0 aliphatic carbocycles. The number of primary amides is 1. The summed E-state index contributed by atoms with van der Waals surface area (Å²) in [4.78, 5) is 15.8. The van der Waals surface area contributed by atoms with Crippen LogP contribution in [0.4, 0.5) is 0 Å². The van der Waals surface area contributed by atoms with E-state index in [1.807, 2.05) is 37.3 Å². The number of carbonyl (C=O) groups is 1. The van der Waals surface area contributed by atoms with Gasteiger partial charge in [-0.25, -0.2) is 4.98 Å². The first-order valence-electron chi connectivity index (χ1n) is 9.43. The van der Waals surface area contributed by atoms with Crippen molar-refractivity contribution in [2.45, 2.75) is 52.4 Å². The highest BCUT2D eigenvalue weighted by atomic mass is 35.5. The molecule has 5 heteroatoms. The molecule has 1 aromatic carbocycles. The van der Waals surface area contributed by atoms with Crippen molar-refractivity contribution in [3.8, 4) is 5.88 Å². The second-order valence-electron chi connectivity index (χ2n) is 6.53. The first-order valence-corrected chi connectivity index (χ1v) is 9.81. The van der Waals surface area contributed by atoms with Gasteiger partial charge in [0.25, 0.3) is 0 Å². The summed E-state index contributed by atoms with van der Waals surface area (Å²) in [6.07, 6.45) is 12.0. The first-order chi connectivity index (χ1) is 13.0. The Morgan fingerprint density at radius 2 is 1.96 bits per heavy atom. The van der Waals surface area contributed by atoms with Crippen molar-refractivity contribution >= 4 is 28.4 Å². The number of nitrogens with zero attached hydrogens (tertiary/aromatic N) is 1. The third-order valence-corrected chi connectivity index (χ3v) is 4.75. The van der Waals surface area contributed by atoms with E-state index in [4.69, 9.17) is 22.1 Å². The van der Waals surface area contributed by atoms with Crippen LogP contribution in [0.2, 0.25) is 5.02 Å². The molecule has 0 fully saturated rings. The summed E-state index contributed by atoms with van der Waals surface area (Å²) in [7, 11) is 0. The number of hydrogen-bond donors (Lipinski definition) is 1. The number of ether oxygens (including phenoxy) is 1. The molecule has 0 radical (unpaired) electrons. The molecule has 4 nitrogen and oxygen atoms in total. The van der Waals surface area contributed by atoms with Crippen LogP contribution in [-0.4, -0.2) is 10.9 Å². The van der Waals surface area contributed by atoms with E-state index in [2.05, 4.69) is 11.9 Å². The van der Waals surface area contributed by atoms with Crippen LogP contribution < -0.4 is 10.5 Å². The van der Waals surface area contributed by atoms with Gasteiger partial charge in [0.05, 0.1) is 5.52 Å². The second kappa shape index (κ2) is 10.7. The number of amides is 1. The van der Waals surface area contributed by atoms with Crippen LogP contribution in [0.15, 0.2) is 48.3 Å². The molecule has 0 unspecified atom stereocenters. The van der Waals surface area contributed by atoms with Gasteiger partial charge in [0.15, 0.2) is 0 Å². The van der Waals surface area contributed by atoms with Crippen LogP contribution in [0.5, 0.6) is 5.88 Å². The van der Waals surface area contributed by atoms with Gasteiger partial charge in [-0.2, -0.15) is 0 Å². The maximum atomic E-state index is 11.3. The smallest absolute Gasteiger partial charge is 0.245 e. The lowest BCUT2D eigenvalue weighted by Gasteiger charge is -2.11. The number of aryl methyl sites for hydroxylation is 1. The number of benzene rings is 1. The molecule has 0 aliphatic rings. The van der Waals surface area contributed by atoms with Crippen molar-refractivity contribution in [3.05, 3.63) is 58.8 Å². The van der Waals surface area contributed by atoms with Crippen LogP contribution >= 0.6 is 11.6 Å². The lowest BCUT2D eigenvalue weighted by atomic mass is 10.1. The van der Waals surface area contributed by atoms with Crippen molar-refractivity contribution in [3.63, 3.8) is 0 Å². The van der Waals surface area contributed by atoms with E-state index in [-0.39, 0.29) is 5.88 Å². The zero-order chi connectivity index (χ0) is 19.6. The molecule has 27 heavy (non-hydrogen) atoms. The Bertz CT molecular complexity index is 844. The number of allylic oxidation sites excluding steroid dienone is 2. The fourth-order valence-corrected chi connectivity index (χ4v) is 3.00. The Labute approximate surface area is 166 Å². The van der Waals surface area contributed by atoms with Gasteiger partial charge in [0, 0.05) is 11.5 Å². The minimum absolute atomic E-state index is 0.271. The van der Waals surface area contributed by atoms with Crippen LogP contribution in [0.1, 0.15) is 51.0 Å². The normalized spacial score (nSPS) is 12.0. The van der Waals surface area contributed by atoms with E-state index >= 15 is 0 Å². The number of rotatable bonds is 10. The summed E-state index contributed by atoms with van der Waals surface area (Å²) in [5, 5.41) is 1.40. The predicted molar refractivity (Wildman–Crippen MR) is 112 cm³/mol. The van der Waals surface area contributed by atoms with E-state index < -0.39 is 5.91 Å². The number of halogens is 1. The summed E-state index contributed by atoms with van der Waals surface area (Å²) in [6.45, 7) is 4.12. The second-order valence-corrected chi connectivity index (χ2v) is 6.91. The maximum absolute atomic E-state index is 11.3. The molecule has 1 aromatic heterocycles. The van der Waals surface area contributed by atoms with Crippen LogP contribution in [0, 0.1) is 6.92 Å². The molecule has 2 rings (SSSR count). The fraction of sp³-hybridized carbons (Fsp3) is 0.364. The van der Waals surface area contributed by atoms with E-state index in [1.165, 1.54) is 31.8 Å². The minimum atomic E-state index is -0.578. The number of aromatic nitrogens is 1. The van der Waals surface area contributed by atoms with E-state index in [0.717, 1.165) is 29.3 Å². The predicted octanol–water partition coefficient (Wildman–Crippen LogP) is 5.86. The number of pyridine rings is 1. The van der Waals surface area contributed by atoms with Crippen molar-refractivity contribution < 1.29 is 9.53 Å². The highest BCUT2D eigenvalue weighted by molar-refractivity contribution is 6.33. The van der Waals surface area contributed by atoms with Gasteiger partial charge in [0.2, 0.25) is 11.8 Å². The molecule has 0 saturated heterocycles. The Morgan fingerprint density at radius 1 is 1.22 bits per heavy atom. The summed E-state index contributed by atoms with van der Waals surface area (Å²) in [5.74, 6) is 0.0272. The molecule has 1 heterocycles. The average Bonchev–Trinajstić information content (AvgIpc) is 2.64. The van der Waals surface area contributed by atoms with E-state index in [1.54, 1.807) is 6.08 Å². The molecule has 1 amide bonds. The average molecular weight is 387 g/mol. The van der Waals surface area contributed by atoms with Gasteiger partial charge in [-0.1, -0.05) is 68.5 Å². The molecule has 2 aromatic rings. The van der Waals surface area contributed by atoms with Gasteiger partial charge in [-0.15, -0.1) is 0 Å². The Kier molecular flexibility index (Phi) is 8.34. The van der Waals surface area contributed by atoms with E-state index in [0.29, 0.717) is 10.8 Å². The molecular formula is C22H27ClN2O2. The van der Waals surface area contributed by atoms with Gasteiger partial charge in [0.1, 0.15) is 10.8 Å². The van der Waals surface area contributed by atoms with E-state index in [9.17, 15) is 4.79 Å². The molecule has 0 spiro atoms. The molecule has 0 bridgehead atoms. The molecule has 0 aliphatic heterocycles. The SMILES string of the molecule is CCCCCCC/C=C/C(=C\C(N)=O)Oc1nc2ccccc2c(C)c1Cl. The molecular weight excluding hydrogens is 360 g/mol. The van der Waals surface area contributed by atoms with Gasteiger partial charge >= 0.3 is 0 Å². The van der Waals surface area contributed by atoms with Crippen molar-refractivity contribution in [1.29, 1.82) is 0 Å². The highest BCUT2D eigenvalue weighted by Gasteiger charge is 2.13. The number of unbranched alkanes of at least 4 members (excludes halogenated alkanes) is 5. The van der Waals surface area contributed by atoms with Crippen LogP contribution in [-0.2, 0) is 4.79 Å². The quantitative estimate of drug-likeness (QED) is 0.240. The summed E-state index contributed by atoms with van der Waals surface area (Å²) >= 11 is 6.43. The molecule has 144 valence electrons. The van der Waals surface area contributed by atoms with Crippen molar-refractivity contribution in [1.82, 2.24) is 4.98 Å². The van der Waals surface area contributed by atoms with Gasteiger partial charge < -0.3 is 10.5 Å². The van der Waals surface area contributed by atoms with Crippen LogP contribution in [0.25, 0.3) is 10.9 Å². The fourth-order valence-electron chi connectivity index (χ4n) is 2.82. The summed E-state index contributed by atoms with van der Waals surface area (Å²) in [6, 6.07) is 7.71. The van der Waals surface area contributed by atoms with Crippen molar-refractivity contribution in [2.75, 3.05) is 0 Å². The lowest BCUT2D eigenvalue weighted by molar-refractivity contribution is -0.113. The highest BCUT2D eigenvalue weighted by Crippen LogP contribution is 2.32. The zero-order valence-corrected chi connectivity index (χ0v) is 16.8. The Morgan fingerprint density at radius 3 is 2.70 bits per heavy atom. The number of fused-ring (bicyclic) bond motifs is 1. The molecule has 0 saturated carbocycles. The standard InChI is InChI=1S/C22H27ClN2O2/c1-3-4-5-6-7-8-9-12-17(15-20(24)26)27-22-21(23)16(2)18-13-10-11-14-19(18)25-22/h9-15H,3-8H2,1-2H3,(H2,24,26)/b12-9+,17-15+. The topological polar surface area (TPSA) is 65.2 Å². The minimum Gasteiger partial charge on any atom is -0.437 e. The van der Waals surface area contributed by atoms with Crippen LogP contribution in [0.3, 0.4) is 0 Å². The number of nitrogens with two attached hydrogens (primary N) is 1. The third kappa shape index (κ3) is 6.40.